The van der Waals surface area contributed by atoms with Gasteiger partial charge >= 0.3 is 0 Å². The van der Waals surface area contributed by atoms with E-state index in [-0.39, 0.29) is 30.1 Å². The Labute approximate surface area is 124 Å². The van der Waals surface area contributed by atoms with E-state index in [0.29, 0.717) is 12.5 Å². The van der Waals surface area contributed by atoms with Gasteiger partial charge in [0.15, 0.2) is 5.96 Å². The van der Waals surface area contributed by atoms with Crippen LogP contribution in [0.5, 0.6) is 0 Å². The third-order valence-corrected chi connectivity index (χ3v) is 2.76. The van der Waals surface area contributed by atoms with Gasteiger partial charge in [-0.15, -0.1) is 24.0 Å². The van der Waals surface area contributed by atoms with E-state index in [9.17, 15) is 0 Å². The lowest BCUT2D eigenvalue weighted by atomic mass is 10.2. The second kappa shape index (κ2) is 8.30. The fourth-order valence-corrected chi connectivity index (χ4v) is 1.79. The van der Waals surface area contributed by atoms with E-state index < -0.39 is 0 Å². The molecule has 1 aliphatic rings. The minimum absolute atomic E-state index is 0. The number of halogens is 1. The molecule has 0 radical (unpaired) electrons. The van der Waals surface area contributed by atoms with Crippen molar-refractivity contribution in [3.05, 3.63) is 18.0 Å². The number of nitrogens with zero attached hydrogens (tertiary/aromatic N) is 2. The Bertz CT molecular complexity index is 348. The Morgan fingerprint density at radius 1 is 1.67 bits per heavy atom. The van der Waals surface area contributed by atoms with Crippen LogP contribution < -0.4 is 11.1 Å². The molecule has 1 unspecified atom stereocenters. The molecule has 1 atom stereocenters. The summed E-state index contributed by atoms with van der Waals surface area (Å²) in [4.78, 5) is 4.26. The third kappa shape index (κ3) is 5.21. The van der Waals surface area contributed by atoms with Crippen LogP contribution in [0.4, 0.5) is 0 Å². The number of guanidine groups is 1. The molecule has 2 rings (SSSR count). The maximum Gasteiger partial charge on any atom is 0.188 e. The quantitative estimate of drug-likeness (QED) is 0.406. The van der Waals surface area contributed by atoms with Crippen molar-refractivity contribution in [3.8, 4) is 0 Å². The Morgan fingerprint density at radius 2 is 2.56 bits per heavy atom. The molecule has 0 saturated carbocycles. The van der Waals surface area contributed by atoms with Crippen LogP contribution in [0.1, 0.15) is 18.4 Å². The van der Waals surface area contributed by atoms with Crippen LogP contribution in [0.2, 0.25) is 0 Å². The number of hydrogen-bond donors (Lipinski definition) is 3. The summed E-state index contributed by atoms with van der Waals surface area (Å²) in [6.45, 7) is 2.28. The Kier molecular flexibility index (Phi) is 7.02. The highest BCUT2D eigenvalue weighted by atomic mass is 127. The topological polar surface area (TPSA) is 88.3 Å². The van der Waals surface area contributed by atoms with Crippen molar-refractivity contribution in [2.45, 2.75) is 25.4 Å². The fourth-order valence-electron chi connectivity index (χ4n) is 1.79. The largest absolute Gasteiger partial charge is 0.376 e. The summed E-state index contributed by atoms with van der Waals surface area (Å²) in [5, 5.41) is 9.73. The molecule has 2 heterocycles. The highest BCUT2D eigenvalue weighted by molar-refractivity contribution is 14.0. The predicted molar refractivity (Wildman–Crippen MR) is 81.2 cm³/mol. The number of nitrogens with two attached hydrogens (primary N) is 1. The van der Waals surface area contributed by atoms with E-state index in [4.69, 9.17) is 10.5 Å². The van der Waals surface area contributed by atoms with Gasteiger partial charge in [0, 0.05) is 19.3 Å². The van der Waals surface area contributed by atoms with Crippen LogP contribution in [0.25, 0.3) is 0 Å². The van der Waals surface area contributed by atoms with Crippen LogP contribution in [0, 0.1) is 0 Å². The summed E-state index contributed by atoms with van der Waals surface area (Å²) in [7, 11) is 0. The molecule has 1 aliphatic heterocycles. The van der Waals surface area contributed by atoms with E-state index >= 15 is 0 Å². The molecule has 1 aromatic heterocycles. The summed E-state index contributed by atoms with van der Waals surface area (Å²) < 4.78 is 5.46. The molecule has 0 aliphatic carbocycles. The van der Waals surface area contributed by atoms with Crippen molar-refractivity contribution in [3.63, 3.8) is 0 Å². The highest BCUT2D eigenvalue weighted by Crippen LogP contribution is 2.11. The van der Waals surface area contributed by atoms with Gasteiger partial charge in [0.05, 0.1) is 18.8 Å². The number of hydrogen-bond acceptors (Lipinski definition) is 3. The van der Waals surface area contributed by atoms with Crippen LogP contribution in [0.3, 0.4) is 0 Å². The van der Waals surface area contributed by atoms with Crippen molar-refractivity contribution in [2.24, 2.45) is 10.7 Å². The van der Waals surface area contributed by atoms with E-state index in [1.165, 1.54) is 0 Å². The van der Waals surface area contributed by atoms with Gasteiger partial charge in [0.1, 0.15) is 0 Å². The van der Waals surface area contributed by atoms with Crippen LogP contribution in [-0.2, 0) is 11.2 Å². The maximum atomic E-state index is 5.75. The molecule has 1 fully saturated rings. The molecule has 6 nitrogen and oxygen atoms in total. The normalized spacial score (nSPS) is 19.6. The Hall–Kier alpha value is -0.830. The van der Waals surface area contributed by atoms with Crippen molar-refractivity contribution in [2.75, 3.05) is 19.7 Å². The average molecular weight is 365 g/mol. The minimum atomic E-state index is 0. The molecular formula is C11H20IN5O. The zero-order valence-corrected chi connectivity index (χ0v) is 12.6. The molecule has 0 bridgehead atoms. The lowest BCUT2D eigenvalue weighted by Crippen LogP contribution is -2.34. The van der Waals surface area contributed by atoms with Gasteiger partial charge in [-0.3, -0.25) is 10.1 Å². The SMILES string of the molecule is I.NC(=NCC1CCCO1)NCCc1cn[nH]c1. The fraction of sp³-hybridized carbons (Fsp3) is 0.636. The first-order chi connectivity index (χ1) is 8.34. The van der Waals surface area contributed by atoms with Gasteiger partial charge in [-0.2, -0.15) is 5.10 Å². The van der Waals surface area contributed by atoms with E-state index in [0.717, 1.165) is 38.0 Å². The molecule has 0 spiro atoms. The van der Waals surface area contributed by atoms with Crippen molar-refractivity contribution in [1.29, 1.82) is 0 Å². The zero-order chi connectivity index (χ0) is 11.9. The highest BCUT2D eigenvalue weighted by Gasteiger charge is 2.14. The first-order valence-corrected chi connectivity index (χ1v) is 5.97. The lowest BCUT2D eigenvalue weighted by Gasteiger charge is -2.07. The van der Waals surface area contributed by atoms with Crippen LogP contribution in [-0.4, -0.2) is 42.0 Å². The van der Waals surface area contributed by atoms with Gasteiger partial charge in [0.25, 0.3) is 0 Å². The van der Waals surface area contributed by atoms with Crippen LogP contribution in [0.15, 0.2) is 17.4 Å². The standard InChI is InChI=1S/C11H19N5O.HI/c12-11(14-8-10-2-1-5-17-10)13-4-3-9-6-15-16-7-9;/h6-7,10H,1-5,8H2,(H,15,16)(H3,12,13,14);1H. The second-order valence-electron chi connectivity index (χ2n) is 4.14. The number of aromatic amines is 1. The zero-order valence-electron chi connectivity index (χ0n) is 10.3. The Morgan fingerprint density at radius 3 is 3.22 bits per heavy atom. The van der Waals surface area contributed by atoms with Gasteiger partial charge in [-0.25, -0.2) is 0 Å². The molecule has 0 amide bonds. The van der Waals surface area contributed by atoms with Gasteiger partial charge in [-0.1, -0.05) is 0 Å². The van der Waals surface area contributed by atoms with E-state index in [2.05, 4.69) is 20.5 Å². The molecule has 1 saturated heterocycles. The molecule has 18 heavy (non-hydrogen) atoms. The predicted octanol–water partition coefficient (Wildman–Crippen LogP) is 0.653. The lowest BCUT2D eigenvalue weighted by molar-refractivity contribution is 0.118. The number of rotatable bonds is 5. The second-order valence-corrected chi connectivity index (χ2v) is 4.14. The number of H-pyrrole nitrogens is 1. The number of aliphatic imine (C=N–C) groups is 1. The van der Waals surface area contributed by atoms with E-state index in [1.807, 2.05) is 6.20 Å². The summed E-state index contributed by atoms with van der Waals surface area (Å²) in [5.74, 6) is 0.490. The molecule has 0 aromatic carbocycles. The molecule has 7 heteroatoms. The summed E-state index contributed by atoms with van der Waals surface area (Å²) >= 11 is 0. The molecule has 4 N–H and O–H groups in total. The summed E-state index contributed by atoms with van der Waals surface area (Å²) in [5.41, 5.74) is 6.91. The first-order valence-electron chi connectivity index (χ1n) is 5.97. The maximum absolute atomic E-state index is 5.75. The number of aromatic nitrogens is 2. The van der Waals surface area contributed by atoms with Crippen molar-refractivity contribution >= 4 is 29.9 Å². The van der Waals surface area contributed by atoms with Crippen molar-refractivity contribution < 1.29 is 4.74 Å². The monoisotopic (exact) mass is 365 g/mol. The Balaban J connectivity index is 0.00000162. The average Bonchev–Trinajstić information content (AvgIpc) is 2.99. The van der Waals surface area contributed by atoms with E-state index in [1.54, 1.807) is 6.20 Å². The first kappa shape index (κ1) is 15.2. The smallest absolute Gasteiger partial charge is 0.188 e. The summed E-state index contributed by atoms with van der Waals surface area (Å²) in [6, 6.07) is 0. The molecule has 102 valence electrons. The van der Waals surface area contributed by atoms with Gasteiger partial charge < -0.3 is 15.8 Å². The molecular weight excluding hydrogens is 345 g/mol. The third-order valence-electron chi connectivity index (χ3n) is 2.76. The van der Waals surface area contributed by atoms with Gasteiger partial charge in [-0.05, 0) is 24.8 Å². The van der Waals surface area contributed by atoms with Gasteiger partial charge in [0.2, 0.25) is 0 Å². The van der Waals surface area contributed by atoms with Crippen LogP contribution >= 0.6 is 24.0 Å². The number of ether oxygens (including phenoxy) is 1. The van der Waals surface area contributed by atoms with Crippen molar-refractivity contribution in [1.82, 2.24) is 15.5 Å². The molecule has 1 aromatic rings. The minimum Gasteiger partial charge on any atom is -0.376 e. The summed E-state index contributed by atoms with van der Waals surface area (Å²) in [6.07, 6.45) is 7.04. The number of nitrogens with one attached hydrogen (secondary N) is 2.